The van der Waals surface area contributed by atoms with Crippen molar-refractivity contribution in [2.24, 2.45) is 0 Å². The van der Waals surface area contributed by atoms with Gasteiger partial charge in [0.2, 0.25) is 5.91 Å². The number of hydrogen-bond donors (Lipinski definition) is 2. The molecule has 0 saturated heterocycles. The van der Waals surface area contributed by atoms with Crippen LogP contribution in [0.2, 0.25) is 0 Å². The molecule has 0 spiro atoms. The molecule has 0 saturated carbocycles. The molecule has 5 heteroatoms. The Bertz CT molecular complexity index is 480. The lowest BCUT2D eigenvalue weighted by atomic mass is 10.2. The molecular formula is C13H16BrN3O. The predicted molar refractivity (Wildman–Crippen MR) is 75.2 cm³/mol. The highest BCUT2D eigenvalue weighted by molar-refractivity contribution is 9.10. The summed E-state index contributed by atoms with van der Waals surface area (Å²) in [5.74, 6) is -0.0662. The van der Waals surface area contributed by atoms with Crippen LogP contribution in [-0.4, -0.2) is 18.0 Å². The van der Waals surface area contributed by atoms with E-state index >= 15 is 0 Å². The molecule has 0 aliphatic rings. The first kappa shape index (κ1) is 14.5. The monoisotopic (exact) mass is 309 g/mol. The fourth-order valence-electron chi connectivity index (χ4n) is 1.46. The lowest BCUT2D eigenvalue weighted by Crippen LogP contribution is -2.40. The molecule has 0 aliphatic heterocycles. The van der Waals surface area contributed by atoms with Gasteiger partial charge in [-0.05, 0) is 39.0 Å². The first-order valence-corrected chi connectivity index (χ1v) is 6.49. The second kappa shape index (κ2) is 6.41. The smallest absolute Gasteiger partial charge is 0.242 e. The van der Waals surface area contributed by atoms with Crippen molar-refractivity contribution < 1.29 is 4.79 Å². The molecule has 4 nitrogen and oxygen atoms in total. The Hall–Kier alpha value is -1.54. The molecule has 18 heavy (non-hydrogen) atoms. The van der Waals surface area contributed by atoms with Crippen LogP contribution in [0, 0.1) is 11.3 Å². The average Bonchev–Trinajstić information content (AvgIpc) is 2.27. The molecule has 0 aliphatic carbocycles. The first-order valence-electron chi connectivity index (χ1n) is 5.70. The highest BCUT2D eigenvalue weighted by Gasteiger charge is 2.13. The summed E-state index contributed by atoms with van der Waals surface area (Å²) in [6.45, 7) is 5.61. The third-order valence-corrected chi connectivity index (χ3v) is 2.69. The highest BCUT2D eigenvalue weighted by Crippen LogP contribution is 2.19. The van der Waals surface area contributed by atoms with Crippen LogP contribution in [0.5, 0.6) is 0 Å². The van der Waals surface area contributed by atoms with Crippen LogP contribution in [0.15, 0.2) is 22.7 Å². The van der Waals surface area contributed by atoms with Crippen LogP contribution in [0.4, 0.5) is 5.69 Å². The van der Waals surface area contributed by atoms with Crippen molar-refractivity contribution in [1.29, 1.82) is 5.26 Å². The summed E-state index contributed by atoms with van der Waals surface area (Å²) < 4.78 is 0.806. The van der Waals surface area contributed by atoms with E-state index < -0.39 is 0 Å². The number of amides is 1. The molecule has 1 unspecified atom stereocenters. The summed E-state index contributed by atoms with van der Waals surface area (Å²) in [5.41, 5.74) is 1.29. The standard InChI is InChI=1S/C13H16BrN3O/c1-8(2)16-13(18)9(3)17-12-5-10(7-15)4-11(14)6-12/h4-6,8-9,17H,1-3H3,(H,16,18). The summed E-state index contributed by atoms with van der Waals surface area (Å²) in [4.78, 5) is 11.7. The number of carbonyl (C=O) groups is 1. The lowest BCUT2D eigenvalue weighted by Gasteiger charge is -2.17. The number of nitriles is 1. The number of rotatable bonds is 4. The molecule has 1 amide bonds. The highest BCUT2D eigenvalue weighted by atomic mass is 79.9. The molecule has 0 fully saturated rings. The van der Waals surface area contributed by atoms with Gasteiger partial charge in [-0.2, -0.15) is 5.26 Å². The maximum atomic E-state index is 11.7. The van der Waals surface area contributed by atoms with Crippen LogP contribution in [-0.2, 0) is 4.79 Å². The zero-order chi connectivity index (χ0) is 13.7. The Balaban J connectivity index is 2.76. The van der Waals surface area contributed by atoms with E-state index in [1.54, 1.807) is 19.1 Å². The van der Waals surface area contributed by atoms with Gasteiger partial charge in [-0.15, -0.1) is 0 Å². The minimum absolute atomic E-state index is 0.0662. The van der Waals surface area contributed by atoms with Gasteiger partial charge in [-0.1, -0.05) is 15.9 Å². The third-order valence-electron chi connectivity index (χ3n) is 2.23. The molecule has 1 aromatic rings. The fourth-order valence-corrected chi connectivity index (χ4v) is 1.96. The van der Waals surface area contributed by atoms with Crippen LogP contribution < -0.4 is 10.6 Å². The maximum Gasteiger partial charge on any atom is 0.242 e. The van der Waals surface area contributed by atoms with E-state index in [4.69, 9.17) is 5.26 Å². The van der Waals surface area contributed by atoms with Crippen molar-refractivity contribution in [3.63, 3.8) is 0 Å². The van der Waals surface area contributed by atoms with Crippen molar-refractivity contribution >= 4 is 27.5 Å². The Labute approximate surface area is 116 Å². The number of halogens is 1. The number of nitrogens with zero attached hydrogens (tertiary/aromatic N) is 1. The average molecular weight is 310 g/mol. The number of benzene rings is 1. The maximum absolute atomic E-state index is 11.7. The molecular weight excluding hydrogens is 294 g/mol. The van der Waals surface area contributed by atoms with E-state index in [0.29, 0.717) is 5.56 Å². The minimum Gasteiger partial charge on any atom is -0.374 e. The first-order chi connectivity index (χ1) is 8.42. The van der Waals surface area contributed by atoms with Gasteiger partial charge in [-0.3, -0.25) is 4.79 Å². The van der Waals surface area contributed by atoms with E-state index in [1.807, 2.05) is 19.9 Å². The van der Waals surface area contributed by atoms with Gasteiger partial charge < -0.3 is 10.6 Å². The van der Waals surface area contributed by atoms with Crippen molar-refractivity contribution in [3.05, 3.63) is 28.2 Å². The number of anilines is 1. The van der Waals surface area contributed by atoms with Crippen molar-refractivity contribution in [1.82, 2.24) is 5.32 Å². The summed E-state index contributed by atoms with van der Waals surface area (Å²) in [5, 5.41) is 14.8. The zero-order valence-corrected chi connectivity index (χ0v) is 12.2. The topological polar surface area (TPSA) is 64.9 Å². The summed E-state index contributed by atoms with van der Waals surface area (Å²) in [6, 6.07) is 7.10. The molecule has 96 valence electrons. The largest absolute Gasteiger partial charge is 0.374 e. The van der Waals surface area contributed by atoms with Crippen LogP contribution in [0.1, 0.15) is 26.3 Å². The van der Waals surface area contributed by atoms with Gasteiger partial charge in [0.15, 0.2) is 0 Å². The number of hydrogen-bond acceptors (Lipinski definition) is 3. The van der Waals surface area contributed by atoms with Gasteiger partial charge >= 0.3 is 0 Å². The Kier molecular flexibility index (Phi) is 5.17. The summed E-state index contributed by atoms with van der Waals surface area (Å²) in [7, 11) is 0. The second-order valence-corrected chi connectivity index (χ2v) is 5.29. The number of carbonyl (C=O) groups excluding carboxylic acids is 1. The Morgan fingerprint density at radius 1 is 1.33 bits per heavy atom. The predicted octanol–water partition coefficient (Wildman–Crippen LogP) is 2.65. The minimum atomic E-state index is -0.353. The normalized spacial score (nSPS) is 11.8. The van der Waals surface area contributed by atoms with Crippen LogP contribution in [0.25, 0.3) is 0 Å². The lowest BCUT2D eigenvalue weighted by molar-refractivity contribution is -0.122. The van der Waals surface area contributed by atoms with Crippen molar-refractivity contribution in [2.45, 2.75) is 32.9 Å². The molecule has 0 radical (unpaired) electrons. The van der Waals surface area contributed by atoms with E-state index in [1.165, 1.54) is 0 Å². The molecule has 1 atom stereocenters. The van der Waals surface area contributed by atoms with E-state index in [0.717, 1.165) is 10.2 Å². The van der Waals surface area contributed by atoms with Gasteiger partial charge in [0.05, 0.1) is 11.6 Å². The van der Waals surface area contributed by atoms with Crippen molar-refractivity contribution in [3.8, 4) is 6.07 Å². The van der Waals surface area contributed by atoms with Crippen LogP contribution in [0.3, 0.4) is 0 Å². The zero-order valence-electron chi connectivity index (χ0n) is 10.6. The summed E-state index contributed by atoms with van der Waals surface area (Å²) in [6.07, 6.45) is 0. The Morgan fingerprint density at radius 2 is 2.00 bits per heavy atom. The second-order valence-electron chi connectivity index (χ2n) is 4.37. The Morgan fingerprint density at radius 3 is 2.56 bits per heavy atom. The molecule has 0 bridgehead atoms. The van der Waals surface area contributed by atoms with E-state index in [-0.39, 0.29) is 18.0 Å². The SMILES string of the molecule is CC(C)NC(=O)C(C)Nc1cc(Br)cc(C#N)c1. The quantitative estimate of drug-likeness (QED) is 0.898. The molecule has 0 heterocycles. The van der Waals surface area contributed by atoms with E-state index in [9.17, 15) is 4.79 Å². The van der Waals surface area contributed by atoms with Gasteiger partial charge in [0.25, 0.3) is 0 Å². The van der Waals surface area contributed by atoms with E-state index in [2.05, 4.69) is 32.6 Å². The number of nitrogens with one attached hydrogen (secondary N) is 2. The third kappa shape index (κ3) is 4.38. The molecule has 2 N–H and O–H groups in total. The molecule has 0 aromatic heterocycles. The van der Waals surface area contributed by atoms with Crippen molar-refractivity contribution in [2.75, 3.05) is 5.32 Å². The fraction of sp³-hybridized carbons (Fsp3) is 0.385. The molecule has 1 aromatic carbocycles. The van der Waals surface area contributed by atoms with Gasteiger partial charge in [-0.25, -0.2) is 0 Å². The van der Waals surface area contributed by atoms with Gasteiger partial charge in [0.1, 0.15) is 6.04 Å². The van der Waals surface area contributed by atoms with Gasteiger partial charge in [0, 0.05) is 16.2 Å². The summed E-state index contributed by atoms with van der Waals surface area (Å²) >= 11 is 3.33. The molecule has 1 rings (SSSR count). The van der Waals surface area contributed by atoms with Crippen LogP contribution >= 0.6 is 15.9 Å².